The van der Waals surface area contributed by atoms with Crippen LogP contribution in [0.1, 0.15) is 5.56 Å². The Balaban J connectivity index is 2.84. The van der Waals surface area contributed by atoms with E-state index in [1.807, 2.05) is 0 Å². The predicted molar refractivity (Wildman–Crippen MR) is 60.3 cm³/mol. The maximum absolute atomic E-state index is 10.6. The second kappa shape index (κ2) is 5.61. The number of rotatable bonds is 4. The Hall–Kier alpha value is -2.41. The Morgan fingerprint density at radius 3 is 2.53 bits per heavy atom. The Morgan fingerprint density at radius 1 is 1.47 bits per heavy atom. The SMILES string of the molecule is NN(C(=O)O)C(C=Cc1ccccc1)[N+](=O)[O-]. The van der Waals surface area contributed by atoms with Crippen LogP contribution in [-0.4, -0.2) is 27.3 Å². The molecule has 0 bridgehead atoms. The molecule has 0 aliphatic heterocycles. The van der Waals surface area contributed by atoms with Crippen molar-refractivity contribution in [2.24, 2.45) is 5.84 Å². The first-order valence-corrected chi connectivity index (χ1v) is 4.66. The van der Waals surface area contributed by atoms with E-state index in [2.05, 4.69) is 0 Å². The van der Waals surface area contributed by atoms with Crippen molar-refractivity contribution in [3.05, 3.63) is 52.1 Å². The van der Waals surface area contributed by atoms with E-state index in [9.17, 15) is 14.9 Å². The average molecular weight is 237 g/mol. The molecule has 1 aromatic rings. The van der Waals surface area contributed by atoms with Gasteiger partial charge in [0.15, 0.2) is 0 Å². The van der Waals surface area contributed by atoms with Gasteiger partial charge in [-0.15, -0.1) is 0 Å². The van der Waals surface area contributed by atoms with Crippen LogP contribution < -0.4 is 5.84 Å². The average Bonchev–Trinajstić information content (AvgIpc) is 2.29. The number of benzene rings is 1. The van der Waals surface area contributed by atoms with Gasteiger partial charge in [-0.3, -0.25) is 10.1 Å². The maximum Gasteiger partial charge on any atom is 0.427 e. The van der Waals surface area contributed by atoms with Crippen LogP contribution in [0.2, 0.25) is 0 Å². The maximum atomic E-state index is 10.6. The van der Waals surface area contributed by atoms with Gasteiger partial charge in [0, 0.05) is 6.08 Å². The minimum absolute atomic E-state index is 0.138. The number of hydrogen-bond donors (Lipinski definition) is 2. The lowest BCUT2D eigenvalue weighted by Crippen LogP contribution is -2.47. The second-order valence-electron chi connectivity index (χ2n) is 3.16. The molecule has 0 radical (unpaired) electrons. The summed E-state index contributed by atoms with van der Waals surface area (Å²) in [7, 11) is 0. The van der Waals surface area contributed by atoms with Crippen molar-refractivity contribution in [3.8, 4) is 0 Å². The highest BCUT2D eigenvalue weighted by atomic mass is 16.6. The van der Waals surface area contributed by atoms with E-state index >= 15 is 0 Å². The van der Waals surface area contributed by atoms with Crippen LogP contribution in [0, 0.1) is 10.1 Å². The zero-order valence-corrected chi connectivity index (χ0v) is 8.76. The summed E-state index contributed by atoms with van der Waals surface area (Å²) in [6.07, 6.45) is -0.614. The zero-order chi connectivity index (χ0) is 12.8. The number of carbonyl (C=O) groups is 1. The van der Waals surface area contributed by atoms with Gasteiger partial charge in [0.05, 0.1) is 4.92 Å². The molecule has 0 aromatic heterocycles. The molecule has 0 fully saturated rings. The molecule has 1 unspecified atom stereocenters. The summed E-state index contributed by atoms with van der Waals surface area (Å²) in [5.74, 6) is 5.07. The molecule has 0 saturated heterocycles. The van der Waals surface area contributed by atoms with Gasteiger partial charge in [0.25, 0.3) is 0 Å². The Labute approximate surface area is 96.9 Å². The first kappa shape index (κ1) is 12.7. The van der Waals surface area contributed by atoms with Crippen molar-refractivity contribution in [2.45, 2.75) is 6.17 Å². The number of nitrogens with two attached hydrogens (primary N) is 1. The van der Waals surface area contributed by atoms with Crippen LogP contribution >= 0.6 is 0 Å². The van der Waals surface area contributed by atoms with Gasteiger partial charge < -0.3 is 5.11 Å². The highest BCUT2D eigenvalue weighted by molar-refractivity contribution is 5.65. The number of amides is 1. The van der Waals surface area contributed by atoms with Crippen molar-refractivity contribution in [2.75, 3.05) is 0 Å². The molecule has 0 spiro atoms. The molecule has 1 aromatic carbocycles. The molecule has 0 saturated carbocycles. The molecule has 90 valence electrons. The lowest BCUT2D eigenvalue weighted by Gasteiger charge is -2.14. The lowest BCUT2D eigenvalue weighted by molar-refractivity contribution is -0.532. The fourth-order valence-corrected chi connectivity index (χ4v) is 1.14. The Morgan fingerprint density at radius 2 is 2.06 bits per heavy atom. The van der Waals surface area contributed by atoms with Crippen LogP contribution in [0.4, 0.5) is 4.79 Å². The highest BCUT2D eigenvalue weighted by Gasteiger charge is 2.27. The predicted octanol–water partition coefficient (Wildman–Crippen LogP) is 1.16. The van der Waals surface area contributed by atoms with Gasteiger partial charge in [-0.05, 0) is 5.56 Å². The lowest BCUT2D eigenvalue weighted by atomic mass is 10.2. The molecule has 17 heavy (non-hydrogen) atoms. The van der Waals surface area contributed by atoms with Gasteiger partial charge in [0.2, 0.25) is 0 Å². The molecule has 7 heteroatoms. The monoisotopic (exact) mass is 237 g/mol. The number of hydrazine groups is 1. The first-order chi connectivity index (χ1) is 8.02. The van der Waals surface area contributed by atoms with Crippen LogP contribution in [0.3, 0.4) is 0 Å². The second-order valence-corrected chi connectivity index (χ2v) is 3.16. The summed E-state index contributed by atoms with van der Waals surface area (Å²) in [5.41, 5.74) is 0.720. The highest BCUT2D eigenvalue weighted by Crippen LogP contribution is 2.05. The van der Waals surface area contributed by atoms with E-state index in [1.54, 1.807) is 30.3 Å². The zero-order valence-electron chi connectivity index (χ0n) is 8.76. The third-order valence-corrected chi connectivity index (χ3v) is 1.98. The van der Waals surface area contributed by atoms with Crippen LogP contribution in [0.5, 0.6) is 0 Å². The van der Waals surface area contributed by atoms with Crippen molar-refractivity contribution in [3.63, 3.8) is 0 Å². The Bertz CT molecular complexity index is 432. The van der Waals surface area contributed by atoms with Gasteiger partial charge >= 0.3 is 12.3 Å². The largest absolute Gasteiger partial charge is 0.464 e. The van der Waals surface area contributed by atoms with E-state index in [4.69, 9.17) is 10.9 Å². The molecule has 0 heterocycles. The molecule has 3 N–H and O–H groups in total. The summed E-state index contributed by atoms with van der Waals surface area (Å²) >= 11 is 0. The summed E-state index contributed by atoms with van der Waals surface area (Å²) in [4.78, 5) is 20.4. The number of hydrogen-bond acceptors (Lipinski definition) is 4. The van der Waals surface area contributed by atoms with Gasteiger partial charge in [-0.25, -0.2) is 10.6 Å². The van der Waals surface area contributed by atoms with E-state index in [-0.39, 0.29) is 5.01 Å². The molecule has 0 aliphatic carbocycles. The van der Waals surface area contributed by atoms with E-state index < -0.39 is 17.2 Å². The fourth-order valence-electron chi connectivity index (χ4n) is 1.14. The van der Waals surface area contributed by atoms with E-state index in [0.29, 0.717) is 0 Å². The number of carboxylic acid groups (broad SMARTS) is 1. The van der Waals surface area contributed by atoms with Gasteiger partial charge in [-0.2, -0.15) is 5.01 Å². The standard InChI is InChI=1S/C10H11N3O4/c11-12(10(14)15)9(13(16)17)7-6-8-4-2-1-3-5-8/h1-7,9H,11H2,(H,14,15). The smallest absolute Gasteiger partial charge is 0.427 e. The van der Waals surface area contributed by atoms with Crippen molar-refractivity contribution in [1.82, 2.24) is 5.01 Å². The summed E-state index contributed by atoms with van der Waals surface area (Å²) < 4.78 is 0. The quantitative estimate of drug-likeness (QED) is 0.268. The molecule has 0 aliphatic rings. The third kappa shape index (κ3) is 3.58. The van der Waals surface area contributed by atoms with E-state index in [1.165, 1.54) is 6.08 Å². The van der Waals surface area contributed by atoms with Crippen LogP contribution in [0.15, 0.2) is 36.4 Å². The van der Waals surface area contributed by atoms with Crippen LogP contribution in [0.25, 0.3) is 6.08 Å². The van der Waals surface area contributed by atoms with Crippen molar-refractivity contribution >= 4 is 12.2 Å². The van der Waals surface area contributed by atoms with E-state index in [0.717, 1.165) is 11.6 Å². The molecular formula is C10H11N3O4. The summed E-state index contributed by atoms with van der Waals surface area (Å²) in [5, 5.41) is 19.3. The summed E-state index contributed by atoms with van der Waals surface area (Å²) in [6, 6.07) is 8.79. The Kier molecular flexibility index (Phi) is 4.18. The van der Waals surface area contributed by atoms with Crippen LogP contribution in [-0.2, 0) is 0 Å². The van der Waals surface area contributed by atoms with Gasteiger partial charge in [-0.1, -0.05) is 36.4 Å². The molecule has 1 amide bonds. The topological polar surface area (TPSA) is 110 Å². The molecule has 1 rings (SSSR count). The number of nitro groups is 1. The third-order valence-electron chi connectivity index (χ3n) is 1.98. The normalized spacial score (nSPS) is 12.3. The number of nitrogens with zero attached hydrogens (tertiary/aromatic N) is 2. The first-order valence-electron chi connectivity index (χ1n) is 4.66. The summed E-state index contributed by atoms with van der Waals surface area (Å²) in [6.45, 7) is 0. The fraction of sp³-hybridized carbons (Fsp3) is 0.100. The van der Waals surface area contributed by atoms with Crippen molar-refractivity contribution in [1.29, 1.82) is 0 Å². The molecule has 7 nitrogen and oxygen atoms in total. The molecular weight excluding hydrogens is 226 g/mol. The minimum atomic E-state index is -1.60. The van der Waals surface area contributed by atoms with Crippen molar-refractivity contribution < 1.29 is 14.8 Å². The molecule has 1 atom stereocenters. The van der Waals surface area contributed by atoms with Gasteiger partial charge in [0.1, 0.15) is 0 Å². The minimum Gasteiger partial charge on any atom is -0.464 e.